The molecule has 0 bridgehead atoms. The number of rotatable bonds is 0. The molecule has 0 aromatic heterocycles. The summed E-state index contributed by atoms with van der Waals surface area (Å²) in [5, 5.41) is 14.0. The van der Waals surface area contributed by atoms with E-state index in [0.717, 1.165) is 0 Å². The number of hydrogen-bond acceptors (Lipinski definition) is 2. The number of carboxylic acids is 1. The fourth-order valence-electron chi connectivity index (χ4n) is 0. The van der Waals surface area contributed by atoms with Crippen molar-refractivity contribution in [1.29, 1.82) is 0 Å². The molecule has 0 aliphatic carbocycles. The van der Waals surface area contributed by atoms with E-state index in [1.54, 1.807) is 0 Å². The van der Waals surface area contributed by atoms with E-state index in [1.807, 2.05) is 0 Å². The summed E-state index contributed by atoms with van der Waals surface area (Å²) in [5.41, 5.74) is 0. The molecule has 4 nitrogen and oxygen atoms in total. The number of aliphatic carboxylic acids is 1. The molecule has 0 spiro atoms. The molecule has 0 saturated carbocycles. The Morgan fingerprint density at radius 1 is 1.36 bits per heavy atom. The molecule has 0 atom stereocenters. The Hall–Kier alpha value is -0.980. The van der Waals surface area contributed by atoms with Crippen LogP contribution in [0.3, 0.4) is 0 Å². The molecule has 11 heavy (non-hydrogen) atoms. The number of carboxylic acid groups (broad SMARTS) is 2. The fourth-order valence-corrected chi connectivity index (χ4v) is 0. The molecule has 8 heteroatoms. The summed E-state index contributed by atoms with van der Waals surface area (Å²) in [7, 11) is 0. The van der Waals surface area contributed by atoms with E-state index in [0.29, 0.717) is 0 Å². The maximum Gasteiger partial charge on any atom is 0.490 e. The second-order valence-electron chi connectivity index (χ2n) is 0.908. The zero-order valence-electron chi connectivity index (χ0n) is 4.83. The van der Waals surface area contributed by atoms with E-state index in [2.05, 4.69) is 0 Å². The lowest BCUT2D eigenvalue weighted by Gasteiger charge is -1.93. The lowest BCUT2D eigenvalue weighted by Crippen LogP contribution is -2.21. The maximum atomic E-state index is 10.6. The molecule has 0 aliphatic rings. The minimum absolute atomic E-state index is 0. The Morgan fingerprint density at radius 3 is 1.45 bits per heavy atom. The van der Waals surface area contributed by atoms with Crippen LogP contribution in [0.1, 0.15) is 0 Å². The van der Waals surface area contributed by atoms with Crippen molar-refractivity contribution in [3.8, 4) is 0 Å². The van der Waals surface area contributed by atoms with E-state index in [9.17, 15) is 13.2 Å². The van der Waals surface area contributed by atoms with E-state index < -0.39 is 12.1 Å². The molecule has 0 unspecified atom stereocenters. The number of alkyl halides is 3. The van der Waals surface area contributed by atoms with E-state index in [1.165, 1.54) is 0 Å². The average molecular weight is 197 g/mol. The number of hydrogen-bond donors (Lipinski definition) is 2. The van der Waals surface area contributed by atoms with Gasteiger partial charge in [0.25, 0.3) is 6.47 Å². The van der Waals surface area contributed by atoms with Crippen molar-refractivity contribution in [2.75, 3.05) is 0 Å². The van der Waals surface area contributed by atoms with Gasteiger partial charge >= 0.3 is 12.1 Å². The smallest absolute Gasteiger partial charge is 0.483 e. The Kier molecular flexibility index (Phi) is 10.7. The van der Waals surface area contributed by atoms with E-state index >= 15 is 0 Å². The monoisotopic (exact) mass is 196 g/mol. The average Bonchev–Trinajstić information content (AvgIpc) is 1.64. The molecule has 0 fully saturated rings. The van der Waals surface area contributed by atoms with Crippen LogP contribution in [0, 0.1) is 0 Å². The molecule has 0 heterocycles. The number of halogens is 4. The molecule has 0 saturated heterocycles. The lowest BCUT2D eigenvalue weighted by atomic mass is 10.7. The highest BCUT2D eigenvalue weighted by molar-refractivity contribution is 5.85. The van der Waals surface area contributed by atoms with Crippen LogP contribution in [0.25, 0.3) is 0 Å². The lowest BCUT2D eigenvalue weighted by molar-refractivity contribution is -0.192. The molecule has 0 aliphatic heterocycles. The first-order valence-corrected chi connectivity index (χ1v) is 1.74. The van der Waals surface area contributed by atoms with Crippen molar-refractivity contribution in [2.24, 2.45) is 0 Å². The first-order valence-electron chi connectivity index (χ1n) is 1.74. The van der Waals surface area contributed by atoms with Gasteiger partial charge in [-0.3, -0.25) is 4.79 Å². The predicted octanol–water partition coefficient (Wildman–Crippen LogP) is 0.756. The fraction of sp³-hybridized carbons (Fsp3) is 0.333. The zero-order valence-corrected chi connectivity index (χ0v) is 5.65. The van der Waals surface area contributed by atoms with Gasteiger partial charge in [0.15, 0.2) is 0 Å². The van der Waals surface area contributed by atoms with Crippen LogP contribution in [0.2, 0.25) is 0 Å². The van der Waals surface area contributed by atoms with Crippen LogP contribution < -0.4 is 0 Å². The van der Waals surface area contributed by atoms with Gasteiger partial charge in [-0.05, 0) is 0 Å². The van der Waals surface area contributed by atoms with Crippen molar-refractivity contribution in [3.63, 3.8) is 0 Å². The van der Waals surface area contributed by atoms with Crippen LogP contribution in [-0.2, 0) is 9.59 Å². The van der Waals surface area contributed by atoms with Crippen molar-refractivity contribution in [2.45, 2.75) is 6.18 Å². The van der Waals surface area contributed by atoms with Gasteiger partial charge < -0.3 is 10.2 Å². The molecule has 68 valence electrons. The van der Waals surface area contributed by atoms with Crippen LogP contribution >= 0.6 is 12.4 Å². The van der Waals surface area contributed by atoms with Gasteiger partial charge in [-0.15, -0.1) is 12.4 Å². The highest BCUT2D eigenvalue weighted by Crippen LogP contribution is 2.13. The van der Waals surface area contributed by atoms with Crippen molar-refractivity contribution in [3.05, 3.63) is 0 Å². The van der Waals surface area contributed by atoms with Gasteiger partial charge in [-0.1, -0.05) is 0 Å². The van der Waals surface area contributed by atoms with Crippen LogP contribution in [-0.4, -0.2) is 28.8 Å². The third-order valence-corrected chi connectivity index (χ3v) is 0.243. The third-order valence-electron chi connectivity index (χ3n) is 0.243. The molecule has 0 aromatic rings. The molecule has 2 N–H and O–H groups in total. The van der Waals surface area contributed by atoms with Crippen LogP contribution in [0.4, 0.5) is 13.2 Å². The molecular weight excluding hydrogens is 192 g/mol. The Balaban J connectivity index is -0.000000140. The van der Waals surface area contributed by atoms with Gasteiger partial charge in [-0.2, -0.15) is 13.2 Å². The standard InChI is InChI=1S/C2HF3O2.CH2O2.ClH/c3-2(4,5)1(6)7;2-1-3;/h(H,6,7);1H,(H,2,3);1H. The summed E-state index contributed by atoms with van der Waals surface area (Å²) in [5.74, 6) is -2.76. The van der Waals surface area contributed by atoms with Gasteiger partial charge in [0.1, 0.15) is 0 Å². The Labute approximate surface area is 65.0 Å². The normalized spacial score (nSPS) is 8.27. The van der Waals surface area contributed by atoms with Gasteiger partial charge in [0.2, 0.25) is 0 Å². The second kappa shape index (κ2) is 7.13. The van der Waals surface area contributed by atoms with Crippen molar-refractivity contribution in [1.82, 2.24) is 0 Å². The molecule has 0 aromatic carbocycles. The van der Waals surface area contributed by atoms with Crippen molar-refractivity contribution < 1.29 is 33.0 Å². The highest BCUT2D eigenvalue weighted by atomic mass is 35.5. The van der Waals surface area contributed by atoms with Gasteiger partial charge in [0.05, 0.1) is 0 Å². The molecule has 0 radical (unpaired) electrons. The van der Waals surface area contributed by atoms with Crippen molar-refractivity contribution >= 4 is 24.8 Å². The summed E-state index contributed by atoms with van der Waals surface area (Å²) >= 11 is 0. The largest absolute Gasteiger partial charge is 0.490 e. The molecule has 0 amide bonds. The number of carbonyl (C=O) groups is 2. The topological polar surface area (TPSA) is 74.6 Å². The van der Waals surface area contributed by atoms with Gasteiger partial charge in [-0.25, -0.2) is 4.79 Å². The zero-order chi connectivity index (χ0) is 8.78. The summed E-state index contributed by atoms with van der Waals surface area (Å²) in [6.07, 6.45) is -5.08. The molecular formula is C3H4ClF3O4. The minimum atomic E-state index is -5.08. The third kappa shape index (κ3) is 17.6. The van der Waals surface area contributed by atoms with E-state index in [-0.39, 0.29) is 18.9 Å². The van der Waals surface area contributed by atoms with Crippen LogP contribution in [0.5, 0.6) is 0 Å². The predicted molar refractivity (Wildman–Crippen MR) is 29.6 cm³/mol. The second-order valence-corrected chi connectivity index (χ2v) is 0.908. The summed E-state index contributed by atoms with van der Waals surface area (Å²) in [6, 6.07) is 0. The first-order chi connectivity index (χ1) is 4.36. The summed E-state index contributed by atoms with van der Waals surface area (Å²) < 4.78 is 31.7. The Bertz CT molecular complexity index is 122. The Morgan fingerprint density at radius 2 is 1.45 bits per heavy atom. The van der Waals surface area contributed by atoms with Crippen LogP contribution in [0.15, 0.2) is 0 Å². The molecule has 0 rings (SSSR count). The quantitative estimate of drug-likeness (QED) is 0.561. The first kappa shape index (κ1) is 16.5. The van der Waals surface area contributed by atoms with E-state index in [4.69, 9.17) is 19.8 Å². The summed E-state index contributed by atoms with van der Waals surface area (Å²) in [4.78, 5) is 17.3. The SMILES string of the molecule is Cl.O=C(O)C(F)(F)F.O=CO. The van der Waals surface area contributed by atoms with Gasteiger partial charge in [0, 0.05) is 0 Å². The highest BCUT2D eigenvalue weighted by Gasteiger charge is 2.38. The summed E-state index contributed by atoms with van der Waals surface area (Å²) in [6.45, 7) is -0.250. The maximum absolute atomic E-state index is 10.6. The minimum Gasteiger partial charge on any atom is -0.483 e.